The SMILES string of the molecule is OCC(c1ccc(Cl)cc1)c1cc[nH]c1. The summed E-state index contributed by atoms with van der Waals surface area (Å²) in [5, 5.41) is 10.1. The number of aromatic nitrogens is 1. The van der Waals surface area contributed by atoms with Gasteiger partial charge in [-0.1, -0.05) is 23.7 Å². The summed E-state index contributed by atoms with van der Waals surface area (Å²) >= 11 is 5.82. The molecule has 2 N–H and O–H groups in total. The third-order valence-corrected chi connectivity index (χ3v) is 2.73. The Bertz CT molecular complexity index is 408. The van der Waals surface area contributed by atoms with Gasteiger partial charge in [0.25, 0.3) is 0 Å². The van der Waals surface area contributed by atoms with Gasteiger partial charge in [0.1, 0.15) is 0 Å². The second kappa shape index (κ2) is 4.51. The second-order valence-electron chi connectivity index (χ2n) is 3.43. The van der Waals surface area contributed by atoms with Crippen LogP contribution in [0.15, 0.2) is 42.7 Å². The molecule has 0 bridgehead atoms. The number of aliphatic hydroxyl groups excluding tert-OH is 1. The lowest BCUT2D eigenvalue weighted by Gasteiger charge is -2.12. The molecule has 0 aliphatic carbocycles. The first-order valence-corrected chi connectivity index (χ1v) is 5.18. The topological polar surface area (TPSA) is 36.0 Å². The molecule has 1 aromatic heterocycles. The molecule has 0 aliphatic rings. The molecular formula is C12H12ClNO. The van der Waals surface area contributed by atoms with E-state index in [1.807, 2.05) is 42.7 Å². The van der Waals surface area contributed by atoms with E-state index in [1.54, 1.807) is 0 Å². The lowest BCUT2D eigenvalue weighted by Crippen LogP contribution is -2.04. The van der Waals surface area contributed by atoms with Gasteiger partial charge in [-0.15, -0.1) is 0 Å². The normalized spacial score (nSPS) is 12.7. The number of benzene rings is 1. The van der Waals surface area contributed by atoms with E-state index in [9.17, 15) is 5.11 Å². The molecule has 1 heterocycles. The Morgan fingerprint density at radius 1 is 1.13 bits per heavy atom. The van der Waals surface area contributed by atoms with Gasteiger partial charge in [-0.3, -0.25) is 0 Å². The lowest BCUT2D eigenvalue weighted by atomic mass is 9.94. The molecule has 1 aromatic carbocycles. The fraction of sp³-hybridized carbons (Fsp3) is 0.167. The van der Waals surface area contributed by atoms with E-state index in [4.69, 9.17) is 11.6 Å². The second-order valence-corrected chi connectivity index (χ2v) is 3.87. The van der Waals surface area contributed by atoms with Crippen LogP contribution in [0.5, 0.6) is 0 Å². The van der Waals surface area contributed by atoms with Crippen LogP contribution >= 0.6 is 11.6 Å². The zero-order valence-corrected chi connectivity index (χ0v) is 8.91. The van der Waals surface area contributed by atoms with E-state index in [2.05, 4.69) is 4.98 Å². The molecule has 0 fully saturated rings. The van der Waals surface area contributed by atoms with Crippen molar-refractivity contribution in [1.82, 2.24) is 4.98 Å². The summed E-state index contributed by atoms with van der Waals surface area (Å²) in [6.07, 6.45) is 3.75. The smallest absolute Gasteiger partial charge is 0.0541 e. The van der Waals surface area contributed by atoms with Crippen LogP contribution in [0.2, 0.25) is 5.02 Å². The molecule has 3 heteroatoms. The Morgan fingerprint density at radius 2 is 1.87 bits per heavy atom. The molecule has 0 amide bonds. The molecule has 0 saturated heterocycles. The van der Waals surface area contributed by atoms with Gasteiger partial charge in [-0.25, -0.2) is 0 Å². The maximum absolute atomic E-state index is 9.37. The van der Waals surface area contributed by atoms with Crippen LogP contribution in [0.4, 0.5) is 0 Å². The van der Waals surface area contributed by atoms with E-state index >= 15 is 0 Å². The van der Waals surface area contributed by atoms with Crippen LogP contribution < -0.4 is 0 Å². The molecular weight excluding hydrogens is 210 g/mol. The van der Waals surface area contributed by atoms with Gasteiger partial charge in [0.2, 0.25) is 0 Å². The van der Waals surface area contributed by atoms with Crippen molar-refractivity contribution in [3.63, 3.8) is 0 Å². The van der Waals surface area contributed by atoms with Crippen molar-refractivity contribution in [1.29, 1.82) is 0 Å². The number of hydrogen-bond acceptors (Lipinski definition) is 1. The van der Waals surface area contributed by atoms with Crippen LogP contribution in [0.25, 0.3) is 0 Å². The largest absolute Gasteiger partial charge is 0.395 e. The van der Waals surface area contributed by atoms with Crippen molar-refractivity contribution in [2.75, 3.05) is 6.61 Å². The predicted octanol–water partition coefficient (Wildman–Crippen LogP) is 2.79. The predicted molar refractivity (Wildman–Crippen MR) is 61.2 cm³/mol. The summed E-state index contributed by atoms with van der Waals surface area (Å²) < 4.78 is 0. The molecule has 0 spiro atoms. The number of rotatable bonds is 3. The number of hydrogen-bond donors (Lipinski definition) is 2. The van der Waals surface area contributed by atoms with Gasteiger partial charge < -0.3 is 10.1 Å². The molecule has 0 radical (unpaired) electrons. The van der Waals surface area contributed by atoms with E-state index in [0.717, 1.165) is 11.1 Å². The van der Waals surface area contributed by atoms with Crippen LogP contribution in [0.1, 0.15) is 17.0 Å². The van der Waals surface area contributed by atoms with Gasteiger partial charge in [0.15, 0.2) is 0 Å². The van der Waals surface area contributed by atoms with Gasteiger partial charge in [-0.2, -0.15) is 0 Å². The first kappa shape index (κ1) is 10.3. The summed E-state index contributed by atoms with van der Waals surface area (Å²) in [6.45, 7) is 0.0967. The number of aromatic amines is 1. The standard InChI is InChI=1S/C12H12ClNO/c13-11-3-1-9(2-4-11)12(8-15)10-5-6-14-7-10/h1-7,12,14-15H,8H2. The highest BCUT2D eigenvalue weighted by Gasteiger charge is 2.12. The van der Waals surface area contributed by atoms with Gasteiger partial charge in [0, 0.05) is 23.3 Å². The van der Waals surface area contributed by atoms with Crippen molar-refractivity contribution in [3.05, 3.63) is 58.9 Å². The molecule has 78 valence electrons. The summed E-state index contributed by atoms with van der Waals surface area (Å²) in [5.41, 5.74) is 2.15. The highest BCUT2D eigenvalue weighted by Crippen LogP contribution is 2.24. The Kier molecular flexibility index (Phi) is 3.09. The van der Waals surface area contributed by atoms with E-state index < -0.39 is 0 Å². The first-order valence-electron chi connectivity index (χ1n) is 4.80. The molecule has 2 nitrogen and oxygen atoms in total. The number of nitrogens with one attached hydrogen (secondary N) is 1. The minimum absolute atomic E-state index is 0.0218. The molecule has 0 aliphatic heterocycles. The van der Waals surface area contributed by atoms with E-state index in [1.165, 1.54) is 0 Å². The number of aliphatic hydroxyl groups is 1. The van der Waals surface area contributed by atoms with Gasteiger partial charge in [-0.05, 0) is 29.3 Å². The average molecular weight is 222 g/mol. The first-order chi connectivity index (χ1) is 7.31. The Morgan fingerprint density at radius 3 is 2.40 bits per heavy atom. The molecule has 2 rings (SSSR count). The minimum Gasteiger partial charge on any atom is -0.395 e. The Balaban J connectivity index is 2.31. The van der Waals surface area contributed by atoms with Gasteiger partial charge >= 0.3 is 0 Å². The molecule has 15 heavy (non-hydrogen) atoms. The summed E-state index contributed by atoms with van der Waals surface area (Å²) in [7, 11) is 0. The minimum atomic E-state index is 0.0218. The molecule has 1 atom stereocenters. The summed E-state index contributed by atoms with van der Waals surface area (Å²) in [6, 6.07) is 9.53. The third-order valence-electron chi connectivity index (χ3n) is 2.48. The Labute approximate surface area is 93.5 Å². The van der Waals surface area contributed by atoms with Crippen LogP contribution in [0, 0.1) is 0 Å². The van der Waals surface area contributed by atoms with Crippen LogP contribution in [-0.4, -0.2) is 16.7 Å². The number of H-pyrrole nitrogens is 1. The fourth-order valence-corrected chi connectivity index (χ4v) is 1.78. The maximum Gasteiger partial charge on any atom is 0.0541 e. The fourth-order valence-electron chi connectivity index (χ4n) is 1.65. The van der Waals surface area contributed by atoms with Crippen LogP contribution in [-0.2, 0) is 0 Å². The maximum atomic E-state index is 9.37. The van der Waals surface area contributed by atoms with Crippen molar-refractivity contribution in [2.24, 2.45) is 0 Å². The van der Waals surface area contributed by atoms with Crippen molar-refractivity contribution < 1.29 is 5.11 Å². The van der Waals surface area contributed by atoms with Crippen molar-refractivity contribution in [3.8, 4) is 0 Å². The highest BCUT2D eigenvalue weighted by atomic mass is 35.5. The molecule has 1 unspecified atom stereocenters. The van der Waals surface area contributed by atoms with Crippen LogP contribution in [0.3, 0.4) is 0 Å². The van der Waals surface area contributed by atoms with Crippen molar-refractivity contribution in [2.45, 2.75) is 5.92 Å². The molecule has 0 saturated carbocycles. The molecule has 2 aromatic rings. The summed E-state index contributed by atoms with van der Waals surface area (Å²) in [4.78, 5) is 2.99. The highest BCUT2D eigenvalue weighted by molar-refractivity contribution is 6.30. The lowest BCUT2D eigenvalue weighted by molar-refractivity contribution is 0.280. The van der Waals surface area contributed by atoms with E-state index in [-0.39, 0.29) is 12.5 Å². The quantitative estimate of drug-likeness (QED) is 0.822. The average Bonchev–Trinajstić information content (AvgIpc) is 2.75. The van der Waals surface area contributed by atoms with Gasteiger partial charge in [0.05, 0.1) is 6.61 Å². The number of halogens is 1. The monoisotopic (exact) mass is 221 g/mol. The zero-order chi connectivity index (χ0) is 10.7. The Hall–Kier alpha value is -1.25. The third kappa shape index (κ3) is 2.22. The van der Waals surface area contributed by atoms with Crippen molar-refractivity contribution >= 4 is 11.6 Å². The summed E-state index contributed by atoms with van der Waals surface area (Å²) in [5.74, 6) is 0.0218. The van der Waals surface area contributed by atoms with E-state index in [0.29, 0.717) is 5.02 Å². The zero-order valence-electron chi connectivity index (χ0n) is 8.15.